The first-order chi connectivity index (χ1) is 13.2. The van der Waals surface area contributed by atoms with E-state index in [1.165, 1.54) is 16.5 Å². The van der Waals surface area contributed by atoms with E-state index in [1.54, 1.807) is 24.9 Å². The first-order valence-electron chi connectivity index (χ1n) is 9.18. The summed E-state index contributed by atoms with van der Waals surface area (Å²) in [6.07, 6.45) is 3.19. The monoisotopic (exact) mass is 406 g/mol. The number of benzene rings is 1. The lowest BCUT2D eigenvalue weighted by atomic mass is 10.1. The van der Waals surface area contributed by atoms with Gasteiger partial charge in [-0.15, -0.1) is 11.3 Å². The van der Waals surface area contributed by atoms with Gasteiger partial charge < -0.3 is 10.6 Å². The number of thiophene rings is 1. The zero-order valence-electron chi connectivity index (χ0n) is 15.9. The van der Waals surface area contributed by atoms with Gasteiger partial charge in [0.2, 0.25) is 0 Å². The molecule has 0 spiro atoms. The molecule has 0 radical (unpaired) electrons. The Morgan fingerprint density at radius 2 is 2.19 bits per heavy atom. The highest BCUT2D eigenvalue weighted by atomic mass is 32.2. The lowest BCUT2D eigenvalue weighted by Gasteiger charge is -2.27. The average Bonchev–Trinajstić information content (AvgIpc) is 3.14. The number of nitrogens with zero attached hydrogens (tertiary/aromatic N) is 2. The van der Waals surface area contributed by atoms with Crippen molar-refractivity contribution in [2.45, 2.75) is 25.3 Å². The molecule has 0 aliphatic carbocycles. The van der Waals surface area contributed by atoms with Crippen molar-refractivity contribution < 1.29 is 4.39 Å². The summed E-state index contributed by atoms with van der Waals surface area (Å²) in [6.45, 7) is 4.64. The molecular formula is C20H27FN4S2. The first kappa shape index (κ1) is 20.2. The molecule has 1 aliphatic heterocycles. The normalized spacial score (nSPS) is 14.9. The Labute approximate surface area is 169 Å². The smallest absolute Gasteiger partial charge is 0.191 e. The van der Waals surface area contributed by atoms with Gasteiger partial charge in [-0.1, -0.05) is 6.07 Å². The maximum atomic E-state index is 13.5. The number of hydrogen-bond acceptors (Lipinski definition) is 4. The molecule has 7 heteroatoms. The van der Waals surface area contributed by atoms with E-state index in [4.69, 9.17) is 0 Å². The van der Waals surface area contributed by atoms with Crippen LogP contribution in [0.25, 0.3) is 0 Å². The van der Waals surface area contributed by atoms with Crippen molar-refractivity contribution in [3.8, 4) is 0 Å². The SMILES string of the molecule is CN=C(NCCN1CCc2sccc2C1)NCc1ccc(F)cc1CSC. The molecule has 2 aromatic rings. The van der Waals surface area contributed by atoms with Crippen LogP contribution in [0, 0.1) is 5.82 Å². The van der Waals surface area contributed by atoms with Gasteiger partial charge in [0.25, 0.3) is 0 Å². The largest absolute Gasteiger partial charge is 0.355 e. The van der Waals surface area contributed by atoms with Gasteiger partial charge in [0.05, 0.1) is 0 Å². The molecule has 0 saturated carbocycles. The van der Waals surface area contributed by atoms with Gasteiger partial charge in [-0.3, -0.25) is 9.89 Å². The van der Waals surface area contributed by atoms with E-state index in [1.807, 2.05) is 23.7 Å². The predicted molar refractivity (Wildman–Crippen MR) is 115 cm³/mol. The number of hydrogen-bond donors (Lipinski definition) is 2. The summed E-state index contributed by atoms with van der Waals surface area (Å²) in [5.74, 6) is 1.41. The van der Waals surface area contributed by atoms with Crippen LogP contribution in [-0.2, 0) is 25.3 Å². The molecule has 146 valence electrons. The molecule has 0 unspecified atom stereocenters. The van der Waals surface area contributed by atoms with Crippen LogP contribution in [0.2, 0.25) is 0 Å². The Morgan fingerprint density at radius 3 is 3.00 bits per heavy atom. The van der Waals surface area contributed by atoms with E-state index >= 15 is 0 Å². The fourth-order valence-corrected chi connectivity index (χ4v) is 4.76. The van der Waals surface area contributed by atoms with Gasteiger partial charge in [-0.2, -0.15) is 11.8 Å². The first-order valence-corrected chi connectivity index (χ1v) is 11.5. The molecule has 0 amide bonds. The van der Waals surface area contributed by atoms with Crippen LogP contribution in [0.1, 0.15) is 21.6 Å². The second kappa shape index (κ2) is 10.1. The molecule has 3 rings (SSSR count). The number of fused-ring (bicyclic) bond motifs is 1. The molecule has 27 heavy (non-hydrogen) atoms. The topological polar surface area (TPSA) is 39.7 Å². The maximum Gasteiger partial charge on any atom is 0.191 e. The fourth-order valence-electron chi connectivity index (χ4n) is 3.29. The van der Waals surface area contributed by atoms with Crippen molar-refractivity contribution in [3.63, 3.8) is 0 Å². The van der Waals surface area contributed by atoms with Crippen LogP contribution in [0.15, 0.2) is 34.6 Å². The predicted octanol–water partition coefficient (Wildman–Crippen LogP) is 3.47. The third kappa shape index (κ3) is 5.70. The Morgan fingerprint density at radius 1 is 1.30 bits per heavy atom. The van der Waals surface area contributed by atoms with Gasteiger partial charge in [-0.25, -0.2) is 4.39 Å². The minimum Gasteiger partial charge on any atom is -0.355 e. The number of rotatable bonds is 7. The summed E-state index contributed by atoms with van der Waals surface area (Å²) < 4.78 is 13.5. The lowest BCUT2D eigenvalue weighted by molar-refractivity contribution is 0.260. The van der Waals surface area contributed by atoms with E-state index in [0.29, 0.717) is 6.54 Å². The third-order valence-corrected chi connectivity index (χ3v) is 6.37. The standard InChI is InChI=1S/C20H27FN4S2/c1-22-20(24-12-15-3-4-18(21)11-17(15)14-26-2)23-7-9-25-8-5-19-16(13-25)6-10-27-19/h3-4,6,10-11H,5,7-9,12-14H2,1-2H3,(H2,22,23,24). The lowest BCUT2D eigenvalue weighted by Crippen LogP contribution is -2.42. The van der Waals surface area contributed by atoms with Gasteiger partial charge in [0.1, 0.15) is 5.82 Å². The zero-order valence-corrected chi connectivity index (χ0v) is 17.6. The van der Waals surface area contributed by atoms with Gasteiger partial charge >= 0.3 is 0 Å². The van der Waals surface area contributed by atoms with Crippen LogP contribution in [0.4, 0.5) is 4.39 Å². The number of guanidine groups is 1. The molecule has 0 saturated heterocycles. The highest BCUT2D eigenvalue weighted by Gasteiger charge is 2.16. The molecule has 4 nitrogen and oxygen atoms in total. The van der Waals surface area contributed by atoms with Crippen molar-refractivity contribution in [1.82, 2.24) is 15.5 Å². The third-order valence-electron chi connectivity index (χ3n) is 4.75. The summed E-state index contributed by atoms with van der Waals surface area (Å²) in [5.41, 5.74) is 3.62. The van der Waals surface area contributed by atoms with E-state index in [-0.39, 0.29) is 5.82 Å². The molecule has 1 aromatic heterocycles. The molecule has 2 heterocycles. The highest BCUT2D eigenvalue weighted by Crippen LogP contribution is 2.23. The minimum absolute atomic E-state index is 0.180. The second-order valence-corrected chi connectivity index (χ2v) is 8.46. The average molecular weight is 407 g/mol. The zero-order chi connectivity index (χ0) is 19.1. The number of halogens is 1. The maximum absolute atomic E-state index is 13.5. The fraction of sp³-hybridized carbons (Fsp3) is 0.450. The van der Waals surface area contributed by atoms with Crippen LogP contribution in [-0.4, -0.2) is 43.8 Å². The molecule has 2 N–H and O–H groups in total. The Balaban J connectivity index is 1.45. The molecule has 0 bridgehead atoms. The summed E-state index contributed by atoms with van der Waals surface area (Å²) >= 11 is 3.57. The summed E-state index contributed by atoms with van der Waals surface area (Å²) in [5, 5.41) is 8.93. The Bertz CT molecular complexity index is 775. The number of aliphatic imine (C=N–C) groups is 1. The van der Waals surface area contributed by atoms with Crippen molar-refractivity contribution in [1.29, 1.82) is 0 Å². The highest BCUT2D eigenvalue weighted by molar-refractivity contribution is 7.97. The summed E-state index contributed by atoms with van der Waals surface area (Å²) in [6, 6.07) is 7.24. The van der Waals surface area contributed by atoms with Crippen molar-refractivity contribution in [2.24, 2.45) is 4.99 Å². The molecule has 1 aliphatic rings. The van der Waals surface area contributed by atoms with Crippen molar-refractivity contribution >= 4 is 29.1 Å². The van der Waals surface area contributed by atoms with Crippen LogP contribution in [0.3, 0.4) is 0 Å². The summed E-state index contributed by atoms with van der Waals surface area (Å²) in [7, 11) is 1.78. The quantitative estimate of drug-likeness (QED) is 0.546. The Kier molecular flexibility index (Phi) is 7.55. The van der Waals surface area contributed by atoms with E-state index in [9.17, 15) is 4.39 Å². The number of nitrogens with one attached hydrogen (secondary N) is 2. The molecule has 0 fully saturated rings. The second-order valence-electron chi connectivity index (χ2n) is 6.59. The van der Waals surface area contributed by atoms with Gasteiger partial charge in [0.15, 0.2) is 5.96 Å². The Hall–Kier alpha value is -1.57. The molecule has 1 aromatic carbocycles. The molecule has 0 atom stereocenters. The van der Waals surface area contributed by atoms with Crippen molar-refractivity contribution in [3.05, 3.63) is 57.0 Å². The van der Waals surface area contributed by atoms with E-state index < -0.39 is 0 Å². The van der Waals surface area contributed by atoms with Gasteiger partial charge in [-0.05, 0) is 52.9 Å². The van der Waals surface area contributed by atoms with Gasteiger partial charge in [0, 0.05) is 50.4 Å². The summed E-state index contributed by atoms with van der Waals surface area (Å²) in [4.78, 5) is 8.32. The van der Waals surface area contributed by atoms with E-state index in [0.717, 1.165) is 55.4 Å². The van der Waals surface area contributed by atoms with Crippen molar-refractivity contribution in [2.75, 3.05) is 32.9 Å². The van der Waals surface area contributed by atoms with Crippen LogP contribution < -0.4 is 10.6 Å². The van der Waals surface area contributed by atoms with Crippen LogP contribution >= 0.6 is 23.1 Å². The molecular weight excluding hydrogens is 379 g/mol. The van der Waals surface area contributed by atoms with Crippen LogP contribution in [0.5, 0.6) is 0 Å². The number of thioether (sulfide) groups is 1. The minimum atomic E-state index is -0.180. The van der Waals surface area contributed by atoms with E-state index in [2.05, 4.69) is 32.0 Å².